The monoisotopic (exact) mass is 312 g/mol. The summed E-state index contributed by atoms with van der Waals surface area (Å²) in [5.41, 5.74) is 2.74. The van der Waals surface area contributed by atoms with Crippen LogP contribution in [0.1, 0.15) is 56.6 Å². The summed E-state index contributed by atoms with van der Waals surface area (Å²) < 4.78 is 5.61. The van der Waals surface area contributed by atoms with Crippen LogP contribution in [-0.2, 0) is 17.8 Å². The topological polar surface area (TPSA) is 9.23 Å². The van der Waals surface area contributed by atoms with Crippen molar-refractivity contribution in [3.8, 4) is 0 Å². The first-order valence-electron chi connectivity index (χ1n) is 9.21. The Balaban J connectivity index is 1.67. The molecular weight excluding hydrogens is 280 g/mol. The molecule has 0 radical (unpaired) electrons. The Kier molecular flexibility index (Phi) is 8.17. The second kappa shape index (κ2) is 10.4. The van der Waals surface area contributed by atoms with Crippen LogP contribution in [0, 0.1) is 11.8 Å². The minimum absolute atomic E-state index is 0.711. The molecule has 1 aliphatic rings. The summed E-state index contributed by atoms with van der Waals surface area (Å²) >= 11 is 0. The van der Waals surface area contributed by atoms with Gasteiger partial charge in [-0.2, -0.15) is 0 Å². The van der Waals surface area contributed by atoms with E-state index in [0.29, 0.717) is 6.61 Å². The molecule has 1 aromatic rings. The SMILES string of the molecule is C=CCCOCc1ccc(CC[C@H]2CC[C@H](C=CC)CC2)cc1. The van der Waals surface area contributed by atoms with Gasteiger partial charge in [-0.1, -0.05) is 42.5 Å². The second-order valence-electron chi connectivity index (χ2n) is 6.79. The van der Waals surface area contributed by atoms with Crippen molar-refractivity contribution in [1.82, 2.24) is 0 Å². The van der Waals surface area contributed by atoms with Gasteiger partial charge in [-0.05, 0) is 74.8 Å². The zero-order valence-corrected chi connectivity index (χ0v) is 14.7. The van der Waals surface area contributed by atoms with Crippen LogP contribution >= 0.6 is 0 Å². The third-order valence-electron chi connectivity index (χ3n) is 4.96. The van der Waals surface area contributed by atoms with Crippen LogP contribution in [-0.4, -0.2) is 6.61 Å². The van der Waals surface area contributed by atoms with Crippen LogP contribution in [0.25, 0.3) is 0 Å². The molecule has 2 rings (SSSR count). The maximum Gasteiger partial charge on any atom is 0.0717 e. The van der Waals surface area contributed by atoms with E-state index in [2.05, 4.69) is 49.9 Å². The van der Waals surface area contributed by atoms with E-state index in [1.165, 1.54) is 49.7 Å². The standard InChI is InChI=1S/C22H32O/c1-3-5-17-23-18-22-15-13-21(14-16-22)12-11-20-9-7-19(6-4-2)8-10-20/h3-4,6,13-16,19-20H,1,5,7-12,17-18H2,2H3/t19-,20-. The first kappa shape index (κ1) is 18.0. The van der Waals surface area contributed by atoms with Crippen molar-refractivity contribution in [2.75, 3.05) is 6.61 Å². The Morgan fingerprint density at radius 3 is 2.43 bits per heavy atom. The molecule has 0 aromatic heterocycles. The van der Waals surface area contributed by atoms with E-state index >= 15 is 0 Å². The number of hydrogen-bond acceptors (Lipinski definition) is 1. The third-order valence-corrected chi connectivity index (χ3v) is 4.96. The largest absolute Gasteiger partial charge is 0.376 e. The van der Waals surface area contributed by atoms with Crippen molar-refractivity contribution in [3.05, 3.63) is 60.2 Å². The normalized spacial score (nSPS) is 21.6. The molecule has 0 unspecified atom stereocenters. The lowest BCUT2D eigenvalue weighted by Gasteiger charge is -2.26. The molecule has 23 heavy (non-hydrogen) atoms. The number of rotatable bonds is 9. The quantitative estimate of drug-likeness (QED) is 0.396. The van der Waals surface area contributed by atoms with E-state index in [4.69, 9.17) is 4.74 Å². The van der Waals surface area contributed by atoms with E-state index in [1.54, 1.807) is 0 Å². The van der Waals surface area contributed by atoms with Gasteiger partial charge in [0.15, 0.2) is 0 Å². The Hall–Kier alpha value is -1.34. The van der Waals surface area contributed by atoms with Crippen molar-refractivity contribution < 1.29 is 4.74 Å². The fraction of sp³-hybridized carbons (Fsp3) is 0.545. The summed E-state index contributed by atoms with van der Waals surface area (Å²) in [7, 11) is 0. The number of benzene rings is 1. The molecule has 0 N–H and O–H groups in total. The molecule has 0 atom stereocenters. The van der Waals surface area contributed by atoms with Crippen LogP contribution < -0.4 is 0 Å². The molecule has 0 bridgehead atoms. The van der Waals surface area contributed by atoms with E-state index in [-0.39, 0.29) is 0 Å². The molecule has 1 aliphatic carbocycles. The summed E-state index contributed by atoms with van der Waals surface area (Å²) in [6, 6.07) is 8.98. The van der Waals surface area contributed by atoms with E-state index < -0.39 is 0 Å². The zero-order valence-electron chi connectivity index (χ0n) is 14.7. The summed E-state index contributed by atoms with van der Waals surface area (Å²) in [4.78, 5) is 0. The smallest absolute Gasteiger partial charge is 0.0717 e. The summed E-state index contributed by atoms with van der Waals surface area (Å²) in [6.45, 7) is 7.32. The minimum Gasteiger partial charge on any atom is -0.376 e. The Morgan fingerprint density at radius 1 is 1.09 bits per heavy atom. The Morgan fingerprint density at radius 2 is 1.78 bits per heavy atom. The van der Waals surface area contributed by atoms with Gasteiger partial charge < -0.3 is 4.74 Å². The van der Waals surface area contributed by atoms with E-state index in [9.17, 15) is 0 Å². The summed E-state index contributed by atoms with van der Waals surface area (Å²) in [6.07, 6.45) is 15.6. The molecule has 0 heterocycles. The summed E-state index contributed by atoms with van der Waals surface area (Å²) in [5, 5.41) is 0. The first-order chi connectivity index (χ1) is 11.3. The van der Waals surface area contributed by atoms with Crippen molar-refractivity contribution >= 4 is 0 Å². The van der Waals surface area contributed by atoms with Crippen LogP contribution in [0.3, 0.4) is 0 Å². The fourth-order valence-corrected chi connectivity index (χ4v) is 3.47. The van der Waals surface area contributed by atoms with Gasteiger partial charge in [0.2, 0.25) is 0 Å². The van der Waals surface area contributed by atoms with Gasteiger partial charge in [-0.15, -0.1) is 6.58 Å². The van der Waals surface area contributed by atoms with Gasteiger partial charge in [0, 0.05) is 0 Å². The van der Waals surface area contributed by atoms with Gasteiger partial charge >= 0.3 is 0 Å². The fourth-order valence-electron chi connectivity index (χ4n) is 3.47. The van der Waals surface area contributed by atoms with E-state index in [0.717, 1.165) is 24.9 Å². The van der Waals surface area contributed by atoms with Gasteiger partial charge in [0.1, 0.15) is 0 Å². The lowest BCUT2D eigenvalue weighted by Crippen LogP contribution is -2.13. The predicted octanol–water partition coefficient (Wildman–Crippen LogP) is 6.09. The van der Waals surface area contributed by atoms with Crippen LogP contribution in [0.4, 0.5) is 0 Å². The number of hydrogen-bond donors (Lipinski definition) is 0. The van der Waals surface area contributed by atoms with Gasteiger partial charge in [0.05, 0.1) is 13.2 Å². The molecule has 1 saturated carbocycles. The maximum atomic E-state index is 5.61. The van der Waals surface area contributed by atoms with Crippen LogP contribution in [0.5, 0.6) is 0 Å². The lowest BCUT2D eigenvalue weighted by molar-refractivity contribution is 0.125. The molecule has 1 fully saturated rings. The van der Waals surface area contributed by atoms with Crippen molar-refractivity contribution in [1.29, 1.82) is 0 Å². The van der Waals surface area contributed by atoms with E-state index in [1.807, 2.05) is 6.08 Å². The van der Waals surface area contributed by atoms with Crippen LogP contribution in [0.2, 0.25) is 0 Å². The molecular formula is C22H32O. The summed E-state index contributed by atoms with van der Waals surface area (Å²) in [5.74, 6) is 1.77. The molecule has 1 heteroatoms. The second-order valence-corrected chi connectivity index (χ2v) is 6.79. The zero-order chi connectivity index (χ0) is 16.3. The number of ether oxygens (including phenoxy) is 1. The third kappa shape index (κ3) is 6.74. The van der Waals surface area contributed by atoms with Crippen molar-refractivity contribution in [3.63, 3.8) is 0 Å². The highest BCUT2D eigenvalue weighted by atomic mass is 16.5. The lowest BCUT2D eigenvalue weighted by atomic mass is 9.79. The highest BCUT2D eigenvalue weighted by Crippen LogP contribution is 2.32. The average molecular weight is 312 g/mol. The Labute approximate surface area is 142 Å². The molecule has 126 valence electrons. The average Bonchev–Trinajstić information content (AvgIpc) is 2.59. The maximum absolute atomic E-state index is 5.61. The highest BCUT2D eigenvalue weighted by molar-refractivity contribution is 5.22. The van der Waals surface area contributed by atoms with Gasteiger partial charge in [-0.3, -0.25) is 0 Å². The number of allylic oxidation sites excluding steroid dienone is 2. The molecule has 0 amide bonds. The molecule has 0 aliphatic heterocycles. The van der Waals surface area contributed by atoms with Gasteiger partial charge in [0.25, 0.3) is 0 Å². The molecule has 1 aromatic carbocycles. The Bertz CT molecular complexity index is 463. The minimum atomic E-state index is 0.711. The van der Waals surface area contributed by atoms with Crippen LogP contribution in [0.15, 0.2) is 49.1 Å². The molecule has 0 saturated heterocycles. The number of aryl methyl sites for hydroxylation is 1. The first-order valence-corrected chi connectivity index (χ1v) is 9.21. The highest BCUT2D eigenvalue weighted by Gasteiger charge is 2.18. The predicted molar refractivity (Wildman–Crippen MR) is 99.5 cm³/mol. The molecule has 1 nitrogen and oxygen atoms in total. The van der Waals surface area contributed by atoms with Crippen molar-refractivity contribution in [2.24, 2.45) is 11.8 Å². The van der Waals surface area contributed by atoms with Crippen molar-refractivity contribution in [2.45, 2.75) is 58.5 Å². The van der Waals surface area contributed by atoms with Gasteiger partial charge in [-0.25, -0.2) is 0 Å². The molecule has 0 spiro atoms.